The van der Waals surface area contributed by atoms with Gasteiger partial charge >= 0.3 is 0 Å². The van der Waals surface area contributed by atoms with Gasteiger partial charge in [0.25, 0.3) is 0 Å². The zero-order chi connectivity index (χ0) is 13.0. The van der Waals surface area contributed by atoms with Gasteiger partial charge in [-0.3, -0.25) is 4.98 Å². The molecule has 0 aliphatic carbocycles. The molecule has 1 aromatic heterocycles. The fraction of sp³-hybridized carbons (Fsp3) is 0.267. The van der Waals surface area contributed by atoms with E-state index in [9.17, 15) is 0 Å². The van der Waals surface area contributed by atoms with E-state index in [-0.39, 0.29) is 5.38 Å². The Balaban J connectivity index is 2.11. The molecule has 1 unspecified atom stereocenters. The van der Waals surface area contributed by atoms with Gasteiger partial charge in [-0.2, -0.15) is 0 Å². The maximum Gasteiger partial charge on any atom is 0.0577 e. The van der Waals surface area contributed by atoms with Crippen LogP contribution in [-0.2, 0) is 6.54 Å². The van der Waals surface area contributed by atoms with E-state index in [1.807, 2.05) is 38.4 Å². The molecule has 0 saturated carbocycles. The van der Waals surface area contributed by atoms with Crippen LogP contribution in [-0.4, -0.2) is 4.98 Å². The Labute approximate surface area is 113 Å². The fourth-order valence-electron chi connectivity index (χ4n) is 1.92. The number of anilines is 1. The second-order valence-corrected chi connectivity index (χ2v) is 5.08. The maximum absolute atomic E-state index is 6.16. The van der Waals surface area contributed by atoms with Crippen LogP contribution >= 0.6 is 11.6 Å². The summed E-state index contributed by atoms with van der Waals surface area (Å²) in [6.45, 7) is 4.79. The molecule has 1 N–H and O–H groups in total. The molecule has 18 heavy (non-hydrogen) atoms. The van der Waals surface area contributed by atoms with Crippen molar-refractivity contribution < 1.29 is 0 Å². The normalized spacial score (nSPS) is 12.2. The number of alkyl halides is 1. The first-order valence-electron chi connectivity index (χ1n) is 6.04. The number of aromatic nitrogens is 1. The number of halogens is 1. The maximum atomic E-state index is 6.16. The summed E-state index contributed by atoms with van der Waals surface area (Å²) >= 11 is 6.16. The standard InChI is InChI=1S/C15H17ClN2/c1-11-7-13(9-17-8-11)10-18-15-6-4-3-5-14(15)12(2)16/h3-9,12,18H,10H2,1-2H3. The Bertz CT molecular complexity index is 523. The van der Waals surface area contributed by atoms with Crippen molar-refractivity contribution in [1.29, 1.82) is 0 Å². The van der Waals surface area contributed by atoms with Crippen LogP contribution < -0.4 is 5.32 Å². The lowest BCUT2D eigenvalue weighted by atomic mass is 10.1. The highest BCUT2D eigenvalue weighted by Crippen LogP contribution is 2.27. The van der Waals surface area contributed by atoms with E-state index in [2.05, 4.69) is 28.5 Å². The highest BCUT2D eigenvalue weighted by Gasteiger charge is 2.06. The van der Waals surface area contributed by atoms with E-state index in [4.69, 9.17) is 11.6 Å². The van der Waals surface area contributed by atoms with Gasteiger partial charge in [0.1, 0.15) is 0 Å². The summed E-state index contributed by atoms with van der Waals surface area (Å²) < 4.78 is 0. The van der Waals surface area contributed by atoms with E-state index >= 15 is 0 Å². The molecule has 0 aliphatic heterocycles. The molecule has 0 saturated heterocycles. The number of rotatable bonds is 4. The Morgan fingerprint density at radius 1 is 1.28 bits per heavy atom. The number of hydrogen-bond acceptors (Lipinski definition) is 2. The van der Waals surface area contributed by atoms with E-state index in [0.717, 1.165) is 17.8 Å². The molecule has 0 bridgehead atoms. The molecule has 0 fully saturated rings. The van der Waals surface area contributed by atoms with Crippen LogP contribution in [0.25, 0.3) is 0 Å². The number of pyridine rings is 1. The van der Waals surface area contributed by atoms with Crippen LogP contribution in [0.15, 0.2) is 42.7 Å². The van der Waals surface area contributed by atoms with E-state index in [1.165, 1.54) is 11.1 Å². The van der Waals surface area contributed by atoms with Crippen LogP contribution in [0.3, 0.4) is 0 Å². The number of nitrogens with zero attached hydrogens (tertiary/aromatic N) is 1. The number of para-hydroxylation sites is 1. The summed E-state index contributed by atoms with van der Waals surface area (Å²) in [7, 11) is 0. The summed E-state index contributed by atoms with van der Waals surface area (Å²) in [5.74, 6) is 0. The van der Waals surface area contributed by atoms with Crippen molar-refractivity contribution in [1.82, 2.24) is 4.98 Å². The topological polar surface area (TPSA) is 24.9 Å². The molecule has 2 aromatic rings. The smallest absolute Gasteiger partial charge is 0.0577 e. The molecule has 94 valence electrons. The zero-order valence-electron chi connectivity index (χ0n) is 10.7. The van der Waals surface area contributed by atoms with Crippen molar-refractivity contribution in [3.05, 3.63) is 59.4 Å². The first kappa shape index (κ1) is 12.9. The number of aryl methyl sites for hydroxylation is 1. The van der Waals surface area contributed by atoms with Crippen LogP contribution in [0.4, 0.5) is 5.69 Å². The Morgan fingerprint density at radius 2 is 2.06 bits per heavy atom. The molecule has 1 aromatic carbocycles. The molecule has 0 amide bonds. The SMILES string of the molecule is Cc1cncc(CNc2ccccc2C(C)Cl)c1. The Kier molecular flexibility index (Phi) is 4.21. The second-order valence-electron chi connectivity index (χ2n) is 4.43. The molecule has 0 spiro atoms. The van der Waals surface area contributed by atoms with Gasteiger partial charge in [-0.15, -0.1) is 11.6 Å². The Morgan fingerprint density at radius 3 is 2.78 bits per heavy atom. The predicted octanol–water partition coefficient (Wildman–Crippen LogP) is 4.30. The molecule has 1 atom stereocenters. The van der Waals surface area contributed by atoms with Crippen molar-refractivity contribution in [3.8, 4) is 0 Å². The van der Waals surface area contributed by atoms with Crippen molar-refractivity contribution >= 4 is 17.3 Å². The minimum Gasteiger partial charge on any atom is -0.381 e. The van der Waals surface area contributed by atoms with Gasteiger partial charge in [0, 0.05) is 24.6 Å². The minimum atomic E-state index is 0.00401. The summed E-state index contributed by atoms with van der Waals surface area (Å²) in [5, 5.41) is 3.42. The van der Waals surface area contributed by atoms with Crippen molar-refractivity contribution in [2.75, 3.05) is 5.32 Å². The van der Waals surface area contributed by atoms with Gasteiger partial charge in [-0.25, -0.2) is 0 Å². The molecule has 2 rings (SSSR count). The highest BCUT2D eigenvalue weighted by atomic mass is 35.5. The lowest BCUT2D eigenvalue weighted by Crippen LogP contribution is -2.03. The van der Waals surface area contributed by atoms with Crippen molar-refractivity contribution in [2.24, 2.45) is 0 Å². The van der Waals surface area contributed by atoms with Crippen LogP contribution in [0.1, 0.15) is 29.0 Å². The van der Waals surface area contributed by atoms with Crippen molar-refractivity contribution in [3.63, 3.8) is 0 Å². The van der Waals surface area contributed by atoms with Gasteiger partial charge in [0.2, 0.25) is 0 Å². The van der Waals surface area contributed by atoms with Crippen molar-refractivity contribution in [2.45, 2.75) is 25.8 Å². The lowest BCUT2D eigenvalue weighted by molar-refractivity contribution is 1.05. The summed E-state index contributed by atoms with van der Waals surface area (Å²) in [4.78, 5) is 4.19. The third kappa shape index (κ3) is 3.23. The average Bonchev–Trinajstić information content (AvgIpc) is 2.37. The quantitative estimate of drug-likeness (QED) is 0.829. The Hall–Kier alpha value is -1.54. The van der Waals surface area contributed by atoms with Gasteiger partial charge in [-0.1, -0.05) is 24.3 Å². The summed E-state index contributed by atoms with van der Waals surface area (Å²) in [5.41, 5.74) is 4.56. The first-order valence-corrected chi connectivity index (χ1v) is 6.48. The van der Waals surface area contributed by atoms with Gasteiger partial charge in [0.05, 0.1) is 5.38 Å². The van der Waals surface area contributed by atoms with Crippen LogP contribution in [0, 0.1) is 6.92 Å². The molecule has 0 aliphatic rings. The number of benzene rings is 1. The molecule has 3 heteroatoms. The van der Waals surface area contributed by atoms with Gasteiger partial charge in [-0.05, 0) is 36.6 Å². The summed E-state index contributed by atoms with van der Waals surface area (Å²) in [6, 6.07) is 10.3. The lowest BCUT2D eigenvalue weighted by Gasteiger charge is -2.13. The third-order valence-corrected chi connectivity index (χ3v) is 3.04. The number of nitrogens with one attached hydrogen (secondary N) is 1. The first-order chi connectivity index (χ1) is 8.66. The largest absolute Gasteiger partial charge is 0.381 e. The van der Waals surface area contributed by atoms with E-state index in [1.54, 1.807) is 0 Å². The zero-order valence-corrected chi connectivity index (χ0v) is 11.4. The molecule has 2 nitrogen and oxygen atoms in total. The van der Waals surface area contributed by atoms with Gasteiger partial charge < -0.3 is 5.32 Å². The van der Waals surface area contributed by atoms with Crippen LogP contribution in [0.2, 0.25) is 0 Å². The molecular weight excluding hydrogens is 244 g/mol. The molecule has 0 radical (unpaired) electrons. The molecular formula is C15H17ClN2. The average molecular weight is 261 g/mol. The minimum absolute atomic E-state index is 0.00401. The number of hydrogen-bond donors (Lipinski definition) is 1. The summed E-state index contributed by atoms with van der Waals surface area (Å²) in [6.07, 6.45) is 3.74. The molecule has 1 heterocycles. The highest BCUT2D eigenvalue weighted by molar-refractivity contribution is 6.21. The van der Waals surface area contributed by atoms with Crippen LogP contribution in [0.5, 0.6) is 0 Å². The third-order valence-electron chi connectivity index (χ3n) is 2.80. The fourth-order valence-corrected chi connectivity index (χ4v) is 2.11. The second kappa shape index (κ2) is 5.87. The monoisotopic (exact) mass is 260 g/mol. The van der Waals surface area contributed by atoms with E-state index in [0.29, 0.717) is 0 Å². The van der Waals surface area contributed by atoms with E-state index < -0.39 is 0 Å². The van der Waals surface area contributed by atoms with Gasteiger partial charge in [0.15, 0.2) is 0 Å². The predicted molar refractivity (Wildman–Crippen MR) is 77.0 cm³/mol.